The molecule has 29 heavy (non-hydrogen) atoms. The zero-order valence-corrected chi connectivity index (χ0v) is 17.5. The van der Waals surface area contributed by atoms with E-state index in [1.165, 1.54) is 37.1 Å². The Kier molecular flexibility index (Phi) is 6.15. The van der Waals surface area contributed by atoms with Gasteiger partial charge in [0.15, 0.2) is 11.6 Å². The molecule has 1 saturated heterocycles. The molecule has 1 aliphatic carbocycles. The van der Waals surface area contributed by atoms with Gasteiger partial charge in [-0.25, -0.2) is 8.78 Å². The van der Waals surface area contributed by atoms with E-state index in [1.54, 1.807) is 23.1 Å². The standard InChI is InChI=1S/C22H21F2NO2S2/c23-17-10-8-14(12-18(17)24)19-11-9-16(27-19)13-20-21(26)25(22(28)29-20)15-6-4-2-1-3-5-7-15/h8-13,15H,1-7H2/b20-13-. The molecule has 0 bridgehead atoms. The first-order valence-electron chi connectivity index (χ1n) is 9.85. The Balaban J connectivity index is 1.53. The normalized spacial score (nSPS) is 20.3. The molecule has 2 aliphatic rings. The van der Waals surface area contributed by atoms with Crippen LogP contribution in [0.5, 0.6) is 0 Å². The molecule has 0 spiro atoms. The lowest BCUT2D eigenvalue weighted by molar-refractivity contribution is -0.123. The van der Waals surface area contributed by atoms with Crippen molar-refractivity contribution in [2.75, 3.05) is 0 Å². The number of nitrogens with zero attached hydrogens (tertiary/aromatic N) is 1. The van der Waals surface area contributed by atoms with E-state index >= 15 is 0 Å². The first-order valence-corrected chi connectivity index (χ1v) is 11.1. The van der Waals surface area contributed by atoms with Crippen molar-refractivity contribution in [3.63, 3.8) is 0 Å². The van der Waals surface area contributed by atoms with E-state index in [1.807, 2.05) is 0 Å². The molecule has 1 aromatic heterocycles. The number of hydrogen-bond acceptors (Lipinski definition) is 4. The Labute approximate surface area is 178 Å². The number of halogens is 2. The summed E-state index contributed by atoms with van der Waals surface area (Å²) in [5, 5.41) is 0. The fraction of sp³-hybridized carbons (Fsp3) is 0.364. The summed E-state index contributed by atoms with van der Waals surface area (Å²) >= 11 is 6.79. The fourth-order valence-corrected chi connectivity index (χ4v) is 5.23. The molecule has 1 aliphatic heterocycles. The zero-order chi connectivity index (χ0) is 20.4. The molecular weight excluding hydrogens is 412 g/mol. The third kappa shape index (κ3) is 4.46. The van der Waals surface area contributed by atoms with Crippen molar-refractivity contribution in [1.29, 1.82) is 0 Å². The molecule has 2 fully saturated rings. The third-order valence-corrected chi connectivity index (χ3v) is 6.70. The number of carbonyl (C=O) groups excluding carboxylic acids is 1. The fourth-order valence-electron chi connectivity index (χ4n) is 3.85. The smallest absolute Gasteiger partial charge is 0.266 e. The SMILES string of the molecule is O=C1/C(=C/c2ccc(-c3ccc(F)c(F)c3)o2)SC(=S)N1C1CCCCCCC1. The maximum absolute atomic E-state index is 13.5. The topological polar surface area (TPSA) is 33.5 Å². The maximum atomic E-state index is 13.5. The van der Waals surface area contributed by atoms with Crippen molar-refractivity contribution in [1.82, 2.24) is 4.90 Å². The van der Waals surface area contributed by atoms with Crippen LogP contribution in [-0.2, 0) is 4.79 Å². The number of thioether (sulfide) groups is 1. The highest BCUT2D eigenvalue weighted by molar-refractivity contribution is 8.26. The van der Waals surface area contributed by atoms with Crippen LogP contribution in [0.3, 0.4) is 0 Å². The molecule has 3 nitrogen and oxygen atoms in total. The molecular formula is C22H21F2NO2S2. The number of furan rings is 1. The van der Waals surface area contributed by atoms with E-state index in [0.717, 1.165) is 37.8 Å². The molecule has 2 aromatic rings. The Morgan fingerprint density at radius 1 is 1.03 bits per heavy atom. The van der Waals surface area contributed by atoms with Gasteiger partial charge in [0.1, 0.15) is 15.8 Å². The van der Waals surface area contributed by atoms with Crippen LogP contribution in [0, 0.1) is 11.6 Å². The summed E-state index contributed by atoms with van der Waals surface area (Å²) in [7, 11) is 0. The Morgan fingerprint density at radius 3 is 2.48 bits per heavy atom. The third-order valence-electron chi connectivity index (χ3n) is 5.37. The molecule has 1 saturated carbocycles. The average molecular weight is 434 g/mol. The Hall–Kier alpha value is -1.99. The summed E-state index contributed by atoms with van der Waals surface area (Å²) in [6, 6.07) is 7.16. The predicted molar refractivity (Wildman–Crippen MR) is 115 cm³/mol. The number of thiocarbonyl (C=S) groups is 1. The van der Waals surface area contributed by atoms with Crippen LogP contribution in [0.2, 0.25) is 0 Å². The number of carbonyl (C=O) groups is 1. The van der Waals surface area contributed by atoms with Gasteiger partial charge >= 0.3 is 0 Å². The minimum atomic E-state index is -0.930. The minimum absolute atomic E-state index is 0.0728. The Bertz CT molecular complexity index is 961. The first-order chi connectivity index (χ1) is 14.0. The second-order valence-electron chi connectivity index (χ2n) is 7.38. The zero-order valence-electron chi connectivity index (χ0n) is 15.8. The van der Waals surface area contributed by atoms with E-state index in [2.05, 4.69) is 0 Å². The van der Waals surface area contributed by atoms with Gasteiger partial charge in [0.05, 0.1) is 4.91 Å². The lowest BCUT2D eigenvalue weighted by Crippen LogP contribution is -2.39. The van der Waals surface area contributed by atoms with Gasteiger partial charge < -0.3 is 4.42 Å². The summed E-state index contributed by atoms with van der Waals surface area (Å²) in [4.78, 5) is 15.3. The lowest BCUT2D eigenvalue weighted by atomic mass is 9.96. The molecule has 1 amide bonds. The summed E-state index contributed by atoms with van der Waals surface area (Å²) in [6.07, 6.45) is 9.57. The molecule has 1 aromatic carbocycles. The molecule has 4 rings (SSSR count). The van der Waals surface area contributed by atoms with Crippen molar-refractivity contribution in [2.45, 2.75) is 51.0 Å². The summed E-state index contributed by atoms with van der Waals surface area (Å²) in [5.41, 5.74) is 0.436. The quantitative estimate of drug-likeness (QED) is 0.407. The highest BCUT2D eigenvalue weighted by Gasteiger charge is 2.37. The van der Waals surface area contributed by atoms with Crippen LogP contribution in [0.15, 0.2) is 39.7 Å². The van der Waals surface area contributed by atoms with E-state index in [-0.39, 0.29) is 11.9 Å². The summed E-state index contributed by atoms with van der Waals surface area (Å²) in [5.74, 6) is -1.02. The van der Waals surface area contributed by atoms with E-state index in [4.69, 9.17) is 16.6 Å². The second-order valence-corrected chi connectivity index (χ2v) is 9.06. The van der Waals surface area contributed by atoms with Crippen LogP contribution in [0.25, 0.3) is 17.4 Å². The van der Waals surface area contributed by atoms with E-state index < -0.39 is 11.6 Å². The van der Waals surface area contributed by atoms with Gasteiger partial charge in [-0.05, 0) is 43.2 Å². The summed E-state index contributed by atoms with van der Waals surface area (Å²) in [6.45, 7) is 0. The first kappa shape index (κ1) is 20.3. The van der Waals surface area contributed by atoms with E-state index in [0.29, 0.717) is 26.3 Å². The number of hydrogen-bond donors (Lipinski definition) is 0. The Morgan fingerprint density at radius 2 is 1.76 bits per heavy atom. The molecule has 0 unspecified atom stereocenters. The van der Waals surface area contributed by atoms with Crippen LogP contribution < -0.4 is 0 Å². The monoisotopic (exact) mass is 433 g/mol. The largest absolute Gasteiger partial charge is 0.457 e. The van der Waals surface area contributed by atoms with Gasteiger partial charge in [-0.1, -0.05) is 56.1 Å². The van der Waals surface area contributed by atoms with Crippen molar-refractivity contribution < 1.29 is 18.0 Å². The van der Waals surface area contributed by atoms with Crippen molar-refractivity contribution in [2.24, 2.45) is 0 Å². The van der Waals surface area contributed by atoms with Gasteiger partial charge in [-0.3, -0.25) is 9.69 Å². The molecule has 152 valence electrons. The van der Waals surface area contributed by atoms with Gasteiger partial charge in [0.25, 0.3) is 5.91 Å². The average Bonchev–Trinajstić information content (AvgIpc) is 3.23. The predicted octanol–water partition coefficient (Wildman–Crippen LogP) is 6.54. The number of benzene rings is 1. The van der Waals surface area contributed by atoms with Gasteiger partial charge in [-0.2, -0.15) is 0 Å². The molecule has 7 heteroatoms. The van der Waals surface area contributed by atoms with Gasteiger partial charge in [0, 0.05) is 17.7 Å². The molecule has 0 N–H and O–H groups in total. The van der Waals surface area contributed by atoms with Crippen LogP contribution in [0.1, 0.15) is 50.7 Å². The molecule has 2 heterocycles. The van der Waals surface area contributed by atoms with E-state index in [9.17, 15) is 13.6 Å². The van der Waals surface area contributed by atoms with Gasteiger partial charge in [-0.15, -0.1) is 0 Å². The highest BCUT2D eigenvalue weighted by atomic mass is 32.2. The van der Waals surface area contributed by atoms with Crippen LogP contribution in [0.4, 0.5) is 8.78 Å². The lowest BCUT2D eigenvalue weighted by Gasteiger charge is -2.28. The maximum Gasteiger partial charge on any atom is 0.266 e. The second kappa shape index (κ2) is 8.79. The van der Waals surface area contributed by atoms with Crippen LogP contribution in [-0.4, -0.2) is 21.2 Å². The van der Waals surface area contributed by atoms with Gasteiger partial charge in [0.2, 0.25) is 0 Å². The number of rotatable bonds is 3. The van der Waals surface area contributed by atoms with Crippen molar-refractivity contribution >= 4 is 40.3 Å². The minimum Gasteiger partial charge on any atom is -0.457 e. The number of amides is 1. The van der Waals surface area contributed by atoms with Crippen molar-refractivity contribution in [3.05, 3.63) is 52.6 Å². The molecule has 0 atom stereocenters. The molecule has 0 radical (unpaired) electrons. The van der Waals surface area contributed by atoms with Crippen LogP contribution >= 0.6 is 24.0 Å². The highest BCUT2D eigenvalue weighted by Crippen LogP contribution is 2.37. The van der Waals surface area contributed by atoms with Crippen molar-refractivity contribution in [3.8, 4) is 11.3 Å². The summed E-state index contributed by atoms with van der Waals surface area (Å²) < 4.78 is 32.9.